The molecule has 5 nitrogen and oxygen atoms in total. The Kier molecular flexibility index (Phi) is 5.06. The Bertz CT molecular complexity index is 416. The average molecular weight is 233 g/mol. The summed E-state index contributed by atoms with van der Waals surface area (Å²) < 4.78 is 14.8. The number of carbonyl (C=O) groups is 1. The van der Waals surface area contributed by atoms with E-state index >= 15 is 0 Å². The van der Waals surface area contributed by atoms with Crippen LogP contribution in [0.1, 0.15) is 5.56 Å². The first-order valence-electron chi connectivity index (χ1n) is 5.00. The van der Waals surface area contributed by atoms with Crippen LogP contribution in [0.5, 0.6) is 5.75 Å². The number of aliphatic imine (C=N–C) groups is 1. The Morgan fingerprint density at radius 3 is 2.71 bits per heavy atom. The number of nitrogens with zero attached hydrogens (tertiary/aromatic N) is 1. The van der Waals surface area contributed by atoms with Gasteiger partial charge in [0, 0.05) is 0 Å². The fourth-order valence-electron chi connectivity index (χ4n) is 1.33. The van der Waals surface area contributed by atoms with Gasteiger partial charge in [0.1, 0.15) is 0 Å². The summed E-state index contributed by atoms with van der Waals surface area (Å²) in [6, 6.07) is 5.67. The summed E-state index contributed by atoms with van der Waals surface area (Å²) in [5, 5.41) is 9.12. The van der Waals surface area contributed by atoms with E-state index in [-0.39, 0.29) is 5.75 Å². The predicted octanol–water partition coefficient (Wildman–Crippen LogP) is 0.554. The van der Waals surface area contributed by atoms with Gasteiger partial charge in [0.05, 0.1) is 0 Å². The van der Waals surface area contributed by atoms with E-state index in [1.807, 2.05) is 0 Å². The van der Waals surface area contributed by atoms with Crippen molar-refractivity contribution in [3.05, 3.63) is 29.8 Å². The Labute approximate surface area is 99.4 Å². The summed E-state index contributed by atoms with van der Waals surface area (Å²) in [6.07, 6.45) is 1.35. The van der Waals surface area contributed by atoms with Crippen LogP contribution in [0.25, 0.3) is 0 Å². The Balaban J connectivity index is 2.78. The number of aromatic hydroxyl groups is 1. The zero-order valence-electron chi connectivity index (χ0n) is 9.37. The molecule has 1 rings (SSSR count). The van der Waals surface area contributed by atoms with Crippen molar-refractivity contribution in [1.29, 1.82) is 0 Å². The summed E-state index contributed by atoms with van der Waals surface area (Å²) in [4.78, 5) is 15.2. The summed E-state index contributed by atoms with van der Waals surface area (Å²) >= 11 is 0. The topological polar surface area (TPSA) is 76.0 Å². The molecule has 88 valence electrons. The first kappa shape index (κ1) is 13.1. The molecule has 1 atom stereocenters. The third-order valence-corrected chi connectivity index (χ3v) is 2.17. The Morgan fingerprint density at radius 1 is 1.53 bits per heavy atom. The first-order valence-corrected chi connectivity index (χ1v) is 5.00. The molecule has 17 heavy (non-hydrogen) atoms. The number of esters is 1. The van der Waals surface area contributed by atoms with Gasteiger partial charge < -0.3 is 0 Å². The molecule has 0 aliphatic heterocycles. The summed E-state index contributed by atoms with van der Waals surface area (Å²) in [6.45, 7) is 0. The van der Waals surface area contributed by atoms with E-state index in [1.54, 1.807) is 12.1 Å². The monoisotopic (exact) mass is 233 g/mol. The van der Waals surface area contributed by atoms with Crippen LogP contribution in [0.3, 0.4) is 0 Å². The number of phenols is 1. The number of rotatable bonds is 5. The van der Waals surface area contributed by atoms with Gasteiger partial charge in [0.25, 0.3) is 0 Å². The molecule has 0 heterocycles. The molecule has 0 saturated carbocycles. The SMILES string of the molecule is COC(=O)[C@H](Cc1ccc(O)cc1)N=CB=O. The molecule has 0 saturated heterocycles. The second-order valence-electron chi connectivity index (χ2n) is 3.34. The van der Waals surface area contributed by atoms with Crippen LogP contribution < -0.4 is 0 Å². The molecule has 0 aliphatic rings. The molecule has 0 unspecified atom stereocenters. The van der Waals surface area contributed by atoms with Crippen molar-refractivity contribution < 1.29 is 19.3 Å². The molecule has 0 spiro atoms. The predicted molar refractivity (Wildman–Crippen MR) is 62.5 cm³/mol. The molecule has 1 aromatic rings. The molecule has 0 aromatic heterocycles. The molecule has 0 aliphatic carbocycles. The molecule has 0 amide bonds. The fraction of sp³-hybridized carbons (Fsp3) is 0.273. The molecular weight excluding hydrogens is 221 g/mol. The van der Waals surface area contributed by atoms with Gasteiger partial charge in [0.15, 0.2) is 0 Å². The quantitative estimate of drug-likeness (QED) is 0.457. The molecule has 0 fully saturated rings. The maximum atomic E-state index is 11.4. The third-order valence-electron chi connectivity index (χ3n) is 2.17. The van der Waals surface area contributed by atoms with Crippen LogP contribution in [0.2, 0.25) is 0 Å². The van der Waals surface area contributed by atoms with Gasteiger partial charge >= 0.3 is 98.7 Å². The normalized spacial score (nSPS) is 12.1. The zero-order chi connectivity index (χ0) is 12.7. The average Bonchev–Trinajstić information content (AvgIpc) is 2.36. The van der Waals surface area contributed by atoms with E-state index in [0.717, 1.165) is 11.7 Å². The van der Waals surface area contributed by atoms with Gasteiger partial charge in [-0.15, -0.1) is 0 Å². The summed E-state index contributed by atoms with van der Waals surface area (Å²) in [5.74, 6) is -0.351. The molecule has 1 N–H and O–H groups in total. The van der Waals surface area contributed by atoms with Crippen molar-refractivity contribution in [3.8, 4) is 5.75 Å². The van der Waals surface area contributed by atoms with Gasteiger partial charge in [-0.2, -0.15) is 0 Å². The van der Waals surface area contributed by atoms with Crippen molar-refractivity contribution in [2.75, 3.05) is 7.11 Å². The minimum absolute atomic E-state index is 0.153. The number of phenolic OH excluding ortho intramolecular Hbond substituents is 1. The van der Waals surface area contributed by atoms with E-state index in [2.05, 4.69) is 9.73 Å². The fourth-order valence-corrected chi connectivity index (χ4v) is 1.33. The molecule has 0 radical (unpaired) electrons. The van der Waals surface area contributed by atoms with Crippen molar-refractivity contribution >= 4 is 19.2 Å². The van der Waals surface area contributed by atoms with E-state index in [1.165, 1.54) is 19.2 Å². The molecule has 0 bridgehead atoms. The van der Waals surface area contributed by atoms with E-state index in [9.17, 15) is 9.50 Å². The van der Waals surface area contributed by atoms with Crippen molar-refractivity contribution in [2.45, 2.75) is 12.5 Å². The van der Waals surface area contributed by atoms with Gasteiger partial charge in [-0.3, -0.25) is 0 Å². The van der Waals surface area contributed by atoms with Crippen molar-refractivity contribution in [2.24, 2.45) is 4.99 Å². The Morgan fingerprint density at radius 2 is 2.18 bits per heavy atom. The van der Waals surface area contributed by atoms with E-state index in [0.29, 0.717) is 13.6 Å². The zero-order valence-corrected chi connectivity index (χ0v) is 9.37. The van der Waals surface area contributed by atoms with Gasteiger partial charge in [-0.05, 0) is 0 Å². The molecule has 1 aromatic carbocycles. The van der Waals surface area contributed by atoms with Crippen LogP contribution in [0, 0.1) is 0 Å². The molecular formula is C11H12BNO4. The number of hydrogen-bond donors (Lipinski definition) is 1. The number of carbonyl (C=O) groups excluding carboxylic acids is 1. The first-order chi connectivity index (χ1) is 8.17. The number of hydrogen-bond acceptors (Lipinski definition) is 5. The van der Waals surface area contributed by atoms with E-state index < -0.39 is 12.0 Å². The summed E-state index contributed by atoms with van der Waals surface area (Å²) in [5.41, 5.74) is 0.821. The van der Waals surface area contributed by atoms with Crippen molar-refractivity contribution in [1.82, 2.24) is 0 Å². The third kappa shape index (κ3) is 4.18. The number of ether oxygens (including phenoxy) is 1. The van der Waals surface area contributed by atoms with Crippen LogP contribution in [0.15, 0.2) is 29.3 Å². The van der Waals surface area contributed by atoms with E-state index in [4.69, 9.17) is 5.11 Å². The van der Waals surface area contributed by atoms with Gasteiger partial charge in [-0.25, -0.2) is 0 Å². The Hall–Kier alpha value is -1.98. The second kappa shape index (κ2) is 6.57. The minimum atomic E-state index is -0.741. The second-order valence-corrected chi connectivity index (χ2v) is 3.34. The van der Waals surface area contributed by atoms with Gasteiger partial charge in [-0.1, -0.05) is 0 Å². The van der Waals surface area contributed by atoms with Crippen LogP contribution in [-0.2, 0) is 20.7 Å². The number of methoxy groups -OCH3 is 1. The summed E-state index contributed by atoms with van der Waals surface area (Å²) in [7, 11) is 1.77. The van der Waals surface area contributed by atoms with Crippen LogP contribution in [0.4, 0.5) is 0 Å². The van der Waals surface area contributed by atoms with Crippen LogP contribution >= 0.6 is 0 Å². The maximum absolute atomic E-state index is 11.4. The number of benzene rings is 1. The van der Waals surface area contributed by atoms with Crippen LogP contribution in [-0.4, -0.2) is 37.5 Å². The van der Waals surface area contributed by atoms with Crippen molar-refractivity contribution in [3.63, 3.8) is 0 Å². The van der Waals surface area contributed by atoms with Gasteiger partial charge in [0.2, 0.25) is 0 Å². The standard InChI is InChI=1S/C11H12BNO4/c1-17-11(15)10(13-7-12-16)6-8-2-4-9(14)5-3-8/h2-5,7,10,14H,6H2,1H3/t10-/m0/s1. The molecule has 6 heteroatoms.